The molecule has 3 N–H and O–H groups in total. The van der Waals surface area contributed by atoms with Gasteiger partial charge >= 0.3 is 0 Å². The third kappa shape index (κ3) is 4.44. The lowest BCUT2D eigenvalue weighted by atomic mass is 10.1. The van der Waals surface area contributed by atoms with Gasteiger partial charge in [0.2, 0.25) is 0 Å². The average molecular weight is 224 g/mol. The molecule has 5 heteroatoms. The van der Waals surface area contributed by atoms with E-state index in [2.05, 4.69) is 34.4 Å². The molecule has 0 saturated carbocycles. The largest absolute Gasteiger partial charge is 0.391 e. The molecule has 1 aromatic rings. The molecular formula is C11H20N4O. The molecular weight excluding hydrogens is 204 g/mol. The molecule has 0 fully saturated rings. The van der Waals surface area contributed by atoms with Gasteiger partial charge in [0.1, 0.15) is 18.0 Å². The lowest BCUT2D eigenvalue weighted by Crippen LogP contribution is -2.21. The number of anilines is 2. The standard InChI is InChI=1S/C11H20N4O/c1-8(2)4-9(16)6-13-11-5-10(12-3)14-7-15-11/h5,7-9,16H,4,6H2,1-3H3,(H2,12,13,14,15). The molecule has 0 aliphatic rings. The van der Waals surface area contributed by atoms with Crippen LogP contribution in [-0.4, -0.2) is 34.8 Å². The van der Waals surface area contributed by atoms with Crippen molar-refractivity contribution in [2.45, 2.75) is 26.4 Å². The molecule has 1 atom stereocenters. The Bertz CT molecular complexity index is 317. The Labute approximate surface area is 96.3 Å². The summed E-state index contributed by atoms with van der Waals surface area (Å²) in [6, 6.07) is 1.81. The van der Waals surface area contributed by atoms with Crippen LogP contribution in [0, 0.1) is 5.92 Å². The van der Waals surface area contributed by atoms with Crippen molar-refractivity contribution in [1.82, 2.24) is 9.97 Å². The van der Waals surface area contributed by atoms with Gasteiger partial charge in [-0.05, 0) is 12.3 Å². The van der Waals surface area contributed by atoms with Gasteiger partial charge in [-0.15, -0.1) is 0 Å². The molecule has 0 spiro atoms. The first-order valence-corrected chi connectivity index (χ1v) is 5.53. The molecule has 0 amide bonds. The summed E-state index contributed by atoms with van der Waals surface area (Å²) in [7, 11) is 1.81. The number of aliphatic hydroxyl groups excluding tert-OH is 1. The zero-order valence-electron chi connectivity index (χ0n) is 10.1. The van der Waals surface area contributed by atoms with Gasteiger partial charge in [0.05, 0.1) is 6.10 Å². The van der Waals surface area contributed by atoms with Crippen LogP contribution in [0.25, 0.3) is 0 Å². The van der Waals surface area contributed by atoms with Crippen molar-refractivity contribution < 1.29 is 5.11 Å². The van der Waals surface area contributed by atoms with Crippen LogP contribution in [0.5, 0.6) is 0 Å². The van der Waals surface area contributed by atoms with Crippen molar-refractivity contribution in [1.29, 1.82) is 0 Å². The molecule has 0 radical (unpaired) electrons. The number of nitrogens with zero attached hydrogens (tertiary/aromatic N) is 2. The van der Waals surface area contributed by atoms with Gasteiger partial charge in [0.25, 0.3) is 0 Å². The molecule has 0 aliphatic heterocycles. The SMILES string of the molecule is CNc1cc(NCC(O)CC(C)C)ncn1. The fourth-order valence-corrected chi connectivity index (χ4v) is 1.44. The van der Waals surface area contributed by atoms with Crippen molar-refractivity contribution in [3.05, 3.63) is 12.4 Å². The van der Waals surface area contributed by atoms with Crippen LogP contribution in [0.1, 0.15) is 20.3 Å². The monoisotopic (exact) mass is 224 g/mol. The van der Waals surface area contributed by atoms with E-state index in [1.165, 1.54) is 6.33 Å². The molecule has 0 bridgehead atoms. The molecule has 1 heterocycles. The molecule has 5 nitrogen and oxygen atoms in total. The van der Waals surface area contributed by atoms with E-state index in [-0.39, 0.29) is 6.10 Å². The molecule has 1 aromatic heterocycles. The number of aliphatic hydroxyl groups is 1. The van der Waals surface area contributed by atoms with E-state index < -0.39 is 0 Å². The highest BCUT2D eigenvalue weighted by Crippen LogP contribution is 2.09. The highest BCUT2D eigenvalue weighted by Gasteiger charge is 2.07. The van der Waals surface area contributed by atoms with E-state index in [9.17, 15) is 5.11 Å². The van der Waals surface area contributed by atoms with E-state index in [1.54, 1.807) is 7.05 Å². The second-order valence-corrected chi connectivity index (χ2v) is 4.20. The summed E-state index contributed by atoms with van der Waals surface area (Å²) in [6.07, 6.45) is 1.94. The third-order valence-corrected chi connectivity index (χ3v) is 2.19. The molecule has 0 aromatic carbocycles. The molecule has 1 rings (SSSR count). The summed E-state index contributed by atoms with van der Waals surface area (Å²) in [5, 5.41) is 15.7. The average Bonchev–Trinajstić information content (AvgIpc) is 2.26. The second-order valence-electron chi connectivity index (χ2n) is 4.20. The maximum atomic E-state index is 9.69. The normalized spacial score (nSPS) is 12.6. The molecule has 0 aliphatic carbocycles. The van der Waals surface area contributed by atoms with Crippen LogP contribution in [0.15, 0.2) is 12.4 Å². The first-order valence-electron chi connectivity index (χ1n) is 5.53. The van der Waals surface area contributed by atoms with Crippen LogP contribution in [-0.2, 0) is 0 Å². The van der Waals surface area contributed by atoms with Gasteiger partial charge in [-0.3, -0.25) is 0 Å². The number of hydrogen-bond donors (Lipinski definition) is 3. The minimum absolute atomic E-state index is 0.340. The Morgan fingerprint density at radius 2 is 2.00 bits per heavy atom. The minimum atomic E-state index is -0.340. The van der Waals surface area contributed by atoms with Crippen molar-refractivity contribution in [2.75, 3.05) is 24.2 Å². The van der Waals surface area contributed by atoms with E-state index in [4.69, 9.17) is 0 Å². The predicted molar refractivity (Wildman–Crippen MR) is 65.5 cm³/mol. The smallest absolute Gasteiger partial charge is 0.131 e. The van der Waals surface area contributed by atoms with Crippen LogP contribution in [0.3, 0.4) is 0 Å². The van der Waals surface area contributed by atoms with Crippen LogP contribution in [0.4, 0.5) is 11.6 Å². The minimum Gasteiger partial charge on any atom is -0.391 e. The summed E-state index contributed by atoms with van der Waals surface area (Å²) in [4.78, 5) is 8.07. The number of hydrogen-bond acceptors (Lipinski definition) is 5. The second kappa shape index (κ2) is 6.27. The van der Waals surface area contributed by atoms with Crippen LogP contribution in [0.2, 0.25) is 0 Å². The zero-order chi connectivity index (χ0) is 12.0. The van der Waals surface area contributed by atoms with E-state index in [0.717, 1.165) is 18.1 Å². The van der Waals surface area contributed by atoms with E-state index in [0.29, 0.717) is 12.5 Å². The van der Waals surface area contributed by atoms with Crippen molar-refractivity contribution in [3.63, 3.8) is 0 Å². The van der Waals surface area contributed by atoms with Gasteiger partial charge in [0, 0.05) is 19.7 Å². The number of nitrogens with one attached hydrogen (secondary N) is 2. The third-order valence-electron chi connectivity index (χ3n) is 2.19. The first-order chi connectivity index (χ1) is 7.61. The Kier molecular flexibility index (Phi) is 4.98. The Hall–Kier alpha value is -1.36. The number of rotatable bonds is 6. The van der Waals surface area contributed by atoms with Crippen LogP contribution >= 0.6 is 0 Å². The quantitative estimate of drug-likeness (QED) is 0.680. The van der Waals surface area contributed by atoms with Gasteiger partial charge in [-0.1, -0.05) is 13.8 Å². The van der Waals surface area contributed by atoms with Crippen molar-refractivity contribution >= 4 is 11.6 Å². The lowest BCUT2D eigenvalue weighted by molar-refractivity contribution is 0.161. The Morgan fingerprint density at radius 1 is 1.31 bits per heavy atom. The zero-order valence-corrected chi connectivity index (χ0v) is 10.1. The summed E-state index contributed by atoms with van der Waals surface area (Å²) < 4.78 is 0. The molecule has 16 heavy (non-hydrogen) atoms. The van der Waals surface area contributed by atoms with Gasteiger partial charge in [-0.25, -0.2) is 9.97 Å². The molecule has 1 unspecified atom stereocenters. The fraction of sp³-hybridized carbons (Fsp3) is 0.636. The van der Waals surface area contributed by atoms with Gasteiger partial charge in [0.15, 0.2) is 0 Å². The summed E-state index contributed by atoms with van der Waals surface area (Å²) in [6.45, 7) is 4.69. The van der Waals surface area contributed by atoms with Crippen LogP contribution < -0.4 is 10.6 Å². The van der Waals surface area contributed by atoms with Gasteiger partial charge in [-0.2, -0.15) is 0 Å². The lowest BCUT2D eigenvalue weighted by Gasteiger charge is -2.14. The summed E-state index contributed by atoms with van der Waals surface area (Å²) in [5.74, 6) is 1.98. The Morgan fingerprint density at radius 3 is 2.62 bits per heavy atom. The maximum absolute atomic E-state index is 9.69. The molecule has 90 valence electrons. The topological polar surface area (TPSA) is 70.1 Å². The fourth-order valence-electron chi connectivity index (χ4n) is 1.44. The highest BCUT2D eigenvalue weighted by molar-refractivity contribution is 5.45. The maximum Gasteiger partial charge on any atom is 0.131 e. The molecule has 0 saturated heterocycles. The van der Waals surface area contributed by atoms with Gasteiger partial charge < -0.3 is 15.7 Å². The highest BCUT2D eigenvalue weighted by atomic mass is 16.3. The number of aromatic nitrogens is 2. The van der Waals surface area contributed by atoms with E-state index in [1.807, 2.05) is 6.07 Å². The van der Waals surface area contributed by atoms with Crippen molar-refractivity contribution in [3.8, 4) is 0 Å². The van der Waals surface area contributed by atoms with E-state index >= 15 is 0 Å². The predicted octanol–water partition coefficient (Wildman–Crippen LogP) is 1.34. The Balaban J connectivity index is 2.41. The summed E-state index contributed by atoms with van der Waals surface area (Å²) in [5.41, 5.74) is 0. The first kappa shape index (κ1) is 12.7. The summed E-state index contributed by atoms with van der Waals surface area (Å²) >= 11 is 0. The van der Waals surface area contributed by atoms with Crippen molar-refractivity contribution in [2.24, 2.45) is 5.92 Å².